The van der Waals surface area contributed by atoms with Gasteiger partial charge in [0.05, 0.1) is 18.1 Å². The van der Waals surface area contributed by atoms with E-state index in [1.54, 1.807) is 0 Å². The predicted octanol–water partition coefficient (Wildman–Crippen LogP) is 2.61. The number of sulfonamides is 1. The molecule has 1 aliphatic carbocycles. The number of hydrogen-bond donors (Lipinski definition) is 1. The Hall–Kier alpha value is -2.45. The van der Waals surface area contributed by atoms with E-state index in [0.717, 1.165) is 24.5 Å². The third kappa shape index (κ3) is 3.49. The van der Waals surface area contributed by atoms with Gasteiger partial charge in [-0.25, -0.2) is 13.1 Å². The summed E-state index contributed by atoms with van der Waals surface area (Å²) in [6, 6.07) is 13.4. The van der Waals surface area contributed by atoms with E-state index in [9.17, 15) is 18.5 Å². The van der Waals surface area contributed by atoms with Gasteiger partial charge in [-0.2, -0.15) is 0 Å². The van der Waals surface area contributed by atoms with Gasteiger partial charge >= 0.3 is 0 Å². The fraction of sp³-hybridized carbons (Fsp3) is 0.294. The summed E-state index contributed by atoms with van der Waals surface area (Å²) in [5.41, 5.74) is 0.341. The summed E-state index contributed by atoms with van der Waals surface area (Å²) in [6.45, 7) is 0.211. The number of hydrogen-bond acceptors (Lipinski definition) is 5. The molecule has 0 bridgehead atoms. The van der Waals surface area contributed by atoms with Crippen LogP contribution in [0.2, 0.25) is 0 Å². The first kappa shape index (κ1) is 17.4. The third-order valence-corrected chi connectivity index (χ3v) is 5.94. The van der Waals surface area contributed by atoms with E-state index >= 15 is 0 Å². The van der Waals surface area contributed by atoms with Crippen molar-refractivity contribution in [1.82, 2.24) is 4.72 Å². The maximum Gasteiger partial charge on any atom is 0.293 e. The van der Waals surface area contributed by atoms with Crippen LogP contribution in [0, 0.1) is 10.1 Å². The van der Waals surface area contributed by atoms with Crippen LogP contribution in [0.5, 0.6) is 5.75 Å². The van der Waals surface area contributed by atoms with Gasteiger partial charge in [0.1, 0.15) is 5.75 Å². The SMILES string of the molecule is COc1ccc(S(=O)(=O)NCC2(c3ccccc3)CC2)c([N+](=O)[O-])c1. The molecular formula is C17H18N2O5S. The molecule has 0 aliphatic heterocycles. The lowest BCUT2D eigenvalue weighted by Gasteiger charge is -2.17. The molecule has 132 valence electrons. The van der Waals surface area contributed by atoms with Crippen LogP contribution in [0.3, 0.4) is 0 Å². The lowest BCUT2D eigenvalue weighted by molar-refractivity contribution is -0.387. The highest BCUT2D eigenvalue weighted by atomic mass is 32.2. The van der Waals surface area contributed by atoms with Crippen LogP contribution >= 0.6 is 0 Å². The first-order chi connectivity index (χ1) is 11.9. The fourth-order valence-electron chi connectivity index (χ4n) is 2.82. The Morgan fingerprint density at radius 3 is 2.44 bits per heavy atom. The van der Waals surface area contributed by atoms with Gasteiger partial charge < -0.3 is 4.74 Å². The van der Waals surface area contributed by atoms with E-state index in [1.165, 1.54) is 19.2 Å². The number of nitro groups is 1. The Balaban J connectivity index is 1.85. The molecule has 0 spiro atoms. The number of benzene rings is 2. The highest BCUT2D eigenvalue weighted by Gasteiger charge is 2.45. The largest absolute Gasteiger partial charge is 0.497 e. The normalized spacial score (nSPS) is 15.6. The number of ether oxygens (including phenoxy) is 1. The van der Waals surface area contributed by atoms with Crippen molar-refractivity contribution in [2.45, 2.75) is 23.2 Å². The molecule has 2 aromatic rings. The van der Waals surface area contributed by atoms with Crippen LogP contribution in [0.1, 0.15) is 18.4 Å². The second-order valence-corrected chi connectivity index (χ2v) is 7.80. The van der Waals surface area contributed by atoms with Crippen LogP contribution in [0.25, 0.3) is 0 Å². The minimum absolute atomic E-state index is 0.211. The monoisotopic (exact) mass is 362 g/mol. The number of nitrogens with one attached hydrogen (secondary N) is 1. The molecule has 0 heterocycles. The lowest BCUT2D eigenvalue weighted by Crippen LogP contribution is -2.32. The van der Waals surface area contributed by atoms with Crippen LogP contribution in [-0.4, -0.2) is 27.0 Å². The van der Waals surface area contributed by atoms with E-state index in [-0.39, 0.29) is 22.6 Å². The second kappa shape index (κ2) is 6.45. The molecule has 0 radical (unpaired) electrons. The molecule has 3 rings (SSSR count). The fourth-order valence-corrected chi connectivity index (χ4v) is 4.09. The summed E-state index contributed by atoms with van der Waals surface area (Å²) >= 11 is 0. The molecule has 1 saturated carbocycles. The van der Waals surface area contributed by atoms with Crippen molar-refractivity contribution in [3.05, 3.63) is 64.2 Å². The number of nitro benzene ring substituents is 1. The van der Waals surface area contributed by atoms with Crippen LogP contribution in [0.4, 0.5) is 5.69 Å². The summed E-state index contributed by atoms with van der Waals surface area (Å²) in [5.74, 6) is 0.230. The third-order valence-electron chi connectivity index (χ3n) is 4.49. The zero-order valence-electron chi connectivity index (χ0n) is 13.6. The Bertz CT molecular complexity index is 893. The molecule has 0 atom stereocenters. The number of rotatable bonds is 7. The second-order valence-electron chi connectivity index (χ2n) is 6.06. The van der Waals surface area contributed by atoms with Gasteiger partial charge in [0, 0.05) is 12.0 Å². The van der Waals surface area contributed by atoms with Crippen molar-refractivity contribution in [3.8, 4) is 5.75 Å². The maximum atomic E-state index is 12.6. The van der Waals surface area contributed by atoms with Gasteiger partial charge in [-0.15, -0.1) is 0 Å². The zero-order valence-corrected chi connectivity index (χ0v) is 14.5. The standard InChI is InChI=1S/C17H18N2O5S/c1-24-14-7-8-16(15(11-14)19(20)21)25(22,23)18-12-17(9-10-17)13-5-3-2-4-6-13/h2-8,11,18H,9-10,12H2,1H3. The molecule has 0 amide bonds. The van der Waals surface area contributed by atoms with Crippen molar-refractivity contribution >= 4 is 15.7 Å². The first-order valence-electron chi connectivity index (χ1n) is 7.76. The highest BCUT2D eigenvalue weighted by molar-refractivity contribution is 7.89. The Labute approximate surface area is 145 Å². The summed E-state index contributed by atoms with van der Waals surface area (Å²) in [5, 5.41) is 11.2. The van der Waals surface area contributed by atoms with E-state index < -0.39 is 20.6 Å². The van der Waals surface area contributed by atoms with Crippen molar-refractivity contribution < 1.29 is 18.1 Å². The van der Waals surface area contributed by atoms with Crippen LogP contribution in [0.15, 0.2) is 53.4 Å². The molecule has 0 saturated heterocycles. The maximum absolute atomic E-state index is 12.6. The van der Waals surface area contributed by atoms with Crippen LogP contribution < -0.4 is 9.46 Å². The Kier molecular flexibility index (Phi) is 4.49. The average molecular weight is 362 g/mol. The first-order valence-corrected chi connectivity index (χ1v) is 9.24. The molecule has 8 heteroatoms. The van der Waals surface area contributed by atoms with Crippen molar-refractivity contribution in [3.63, 3.8) is 0 Å². The molecule has 7 nitrogen and oxygen atoms in total. The zero-order chi connectivity index (χ0) is 18.1. The smallest absolute Gasteiger partial charge is 0.293 e. The molecule has 1 aliphatic rings. The summed E-state index contributed by atoms with van der Waals surface area (Å²) in [7, 11) is -2.65. The molecule has 0 unspecified atom stereocenters. The van der Waals surface area contributed by atoms with Crippen LogP contribution in [-0.2, 0) is 15.4 Å². The van der Waals surface area contributed by atoms with Crippen molar-refractivity contribution in [2.24, 2.45) is 0 Å². The Morgan fingerprint density at radius 2 is 1.88 bits per heavy atom. The molecule has 2 aromatic carbocycles. The average Bonchev–Trinajstić information content (AvgIpc) is 3.41. The van der Waals surface area contributed by atoms with Gasteiger partial charge in [0.25, 0.3) is 5.69 Å². The quantitative estimate of drug-likeness (QED) is 0.603. The van der Waals surface area contributed by atoms with E-state index in [0.29, 0.717) is 0 Å². The molecule has 25 heavy (non-hydrogen) atoms. The number of nitrogens with zero attached hydrogens (tertiary/aromatic N) is 1. The molecule has 1 fully saturated rings. The molecular weight excluding hydrogens is 344 g/mol. The molecule has 1 N–H and O–H groups in total. The van der Waals surface area contributed by atoms with Gasteiger partial charge in [-0.1, -0.05) is 30.3 Å². The van der Waals surface area contributed by atoms with Gasteiger partial charge in [-0.3, -0.25) is 10.1 Å². The van der Waals surface area contributed by atoms with Gasteiger partial charge in [-0.05, 0) is 30.5 Å². The summed E-state index contributed by atoms with van der Waals surface area (Å²) < 4.78 is 32.7. The van der Waals surface area contributed by atoms with E-state index in [2.05, 4.69) is 4.72 Å². The van der Waals surface area contributed by atoms with E-state index in [1.807, 2.05) is 30.3 Å². The van der Waals surface area contributed by atoms with Gasteiger partial charge in [0.2, 0.25) is 10.0 Å². The minimum atomic E-state index is -4.01. The molecule has 0 aromatic heterocycles. The summed E-state index contributed by atoms with van der Waals surface area (Å²) in [6.07, 6.45) is 1.76. The highest BCUT2D eigenvalue weighted by Crippen LogP contribution is 2.47. The number of methoxy groups -OCH3 is 1. The van der Waals surface area contributed by atoms with Gasteiger partial charge in [0.15, 0.2) is 4.90 Å². The van der Waals surface area contributed by atoms with Crippen molar-refractivity contribution in [1.29, 1.82) is 0 Å². The summed E-state index contributed by atoms with van der Waals surface area (Å²) in [4.78, 5) is 10.1. The van der Waals surface area contributed by atoms with E-state index in [4.69, 9.17) is 4.74 Å². The lowest BCUT2D eigenvalue weighted by atomic mass is 9.96. The predicted molar refractivity (Wildman–Crippen MR) is 92.2 cm³/mol. The van der Waals surface area contributed by atoms with Crippen molar-refractivity contribution in [2.75, 3.05) is 13.7 Å². The minimum Gasteiger partial charge on any atom is -0.497 e. The topological polar surface area (TPSA) is 98.5 Å². The Morgan fingerprint density at radius 1 is 1.20 bits per heavy atom.